The predicted molar refractivity (Wildman–Crippen MR) is 61.7 cm³/mol. The second-order valence-electron chi connectivity index (χ2n) is 4.00. The van der Waals surface area contributed by atoms with Crippen LogP contribution in [0.15, 0.2) is 6.33 Å². The molecule has 0 radical (unpaired) electrons. The SMILES string of the molecule is C#Cc1[nH]cnc1C(=O)N[C@H]1O[C@@H](CO)[C@H](O)[C@@H]1O. The molecule has 0 saturated carbocycles. The Balaban J connectivity index is 2.06. The molecule has 1 aliphatic rings. The van der Waals surface area contributed by atoms with Gasteiger partial charge in [-0.1, -0.05) is 0 Å². The molecule has 0 spiro atoms. The Morgan fingerprint density at radius 1 is 1.58 bits per heavy atom. The molecule has 1 aromatic heterocycles. The number of aliphatic hydroxyl groups is 3. The number of carbonyl (C=O) groups is 1. The van der Waals surface area contributed by atoms with E-state index in [0.717, 1.165) is 0 Å². The second kappa shape index (κ2) is 5.38. The monoisotopic (exact) mass is 267 g/mol. The van der Waals surface area contributed by atoms with Gasteiger partial charge >= 0.3 is 0 Å². The van der Waals surface area contributed by atoms with E-state index in [1.54, 1.807) is 0 Å². The Labute approximate surface area is 108 Å². The molecular formula is C11H13N3O5. The Hall–Kier alpha value is -1.92. The van der Waals surface area contributed by atoms with Gasteiger partial charge in [-0.3, -0.25) is 4.79 Å². The zero-order valence-electron chi connectivity index (χ0n) is 9.78. The van der Waals surface area contributed by atoms with Crippen molar-refractivity contribution in [2.75, 3.05) is 6.61 Å². The van der Waals surface area contributed by atoms with E-state index in [9.17, 15) is 15.0 Å². The van der Waals surface area contributed by atoms with Gasteiger partial charge in [0, 0.05) is 0 Å². The molecule has 0 aliphatic carbocycles. The van der Waals surface area contributed by atoms with Crippen molar-refractivity contribution in [2.45, 2.75) is 24.5 Å². The highest BCUT2D eigenvalue weighted by atomic mass is 16.6. The number of ether oxygens (including phenoxy) is 1. The van der Waals surface area contributed by atoms with E-state index in [4.69, 9.17) is 16.3 Å². The third-order valence-electron chi connectivity index (χ3n) is 2.81. The maximum atomic E-state index is 11.9. The summed E-state index contributed by atoms with van der Waals surface area (Å²) in [5.41, 5.74) is 0.185. The van der Waals surface area contributed by atoms with Gasteiger partial charge in [-0.25, -0.2) is 4.98 Å². The van der Waals surface area contributed by atoms with Crippen LogP contribution < -0.4 is 5.32 Å². The molecule has 8 heteroatoms. The van der Waals surface area contributed by atoms with Gasteiger partial charge in [0.25, 0.3) is 5.91 Å². The first-order chi connectivity index (χ1) is 9.08. The van der Waals surface area contributed by atoms with E-state index in [0.29, 0.717) is 0 Å². The summed E-state index contributed by atoms with van der Waals surface area (Å²) in [6.07, 6.45) is 1.74. The number of nitrogens with one attached hydrogen (secondary N) is 2. The molecule has 19 heavy (non-hydrogen) atoms. The molecule has 0 unspecified atom stereocenters. The largest absolute Gasteiger partial charge is 0.394 e. The van der Waals surface area contributed by atoms with E-state index in [-0.39, 0.29) is 11.4 Å². The number of aromatic amines is 1. The van der Waals surface area contributed by atoms with Crippen LogP contribution in [0.25, 0.3) is 0 Å². The smallest absolute Gasteiger partial charge is 0.274 e. The van der Waals surface area contributed by atoms with Crippen molar-refractivity contribution in [2.24, 2.45) is 0 Å². The van der Waals surface area contributed by atoms with Gasteiger partial charge in [0.2, 0.25) is 0 Å². The van der Waals surface area contributed by atoms with Crippen molar-refractivity contribution in [1.29, 1.82) is 0 Å². The molecule has 5 N–H and O–H groups in total. The molecule has 1 amide bonds. The molecule has 1 fully saturated rings. The number of carbonyl (C=O) groups excluding carboxylic acids is 1. The second-order valence-corrected chi connectivity index (χ2v) is 4.00. The molecule has 102 valence electrons. The minimum Gasteiger partial charge on any atom is -0.394 e. The molecule has 8 nitrogen and oxygen atoms in total. The highest BCUT2D eigenvalue weighted by molar-refractivity contribution is 5.94. The number of aromatic nitrogens is 2. The van der Waals surface area contributed by atoms with E-state index < -0.39 is 37.1 Å². The van der Waals surface area contributed by atoms with Crippen molar-refractivity contribution in [3.8, 4) is 12.3 Å². The third-order valence-corrected chi connectivity index (χ3v) is 2.81. The van der Waals surface area contributed by atoms with Crippen LogP contribution in [0.1, 0.15) is 16.2 Å². The molecule has 1 aromatic rings. The number of imidazole rings is 1. The van der Waals surface area contributed by atoms with Crippen molar-refractivity contribution in [3.63, 3.8) is 0 Å². The van der Waals surface area contributed by atoms with Crippen LogP contribution in [0.2, 0.25) is 0 Å². The van der Waals surface area contributed by atoms with Gasteiger partial charge in [-0.2, -0.15) is 0 Å². The number of terminal acetylenes is 1. The number of hydrogen-bond acceptors (Lipinski definition) is 6. The lowest BCUT2D eigenvalue weighted by atomic mass is 10.1. The lowest BCUT2D eigenvalue weighted by Crippen LogP contribution is -2.44. The Bertz CT molecular complexity index is 509. The van der Waals surface area contributed by atoms with Crippen LogP contribution in [0.5, 0.6) is 0 Å². The molecule has 1 saturated heterocycles. The molecule has 2 heterocycles. The first kappa shape index (κ1) is 13.5. The van der Waals surface area contributed by atoms with Crippen molar-refractivity contribution >= 4 is 5.91 Å². The van der Waals surface area contributed by atoms with Gasteiger partial charge in [-0.05, 0) is 5.92 Å². The van der Waals surface area contributed by atoms with E-state index in [2.05, 4.69) is 21.2 Å². The summed E-state index contributed by atoms with van der Waals surface area (Å²) in [6.45, 7) is -0.470. The van der Waals surface area contributed by atoms with Gasteiger partial charge in [0.1, 0.15) is 24.0 Å². The quantitative estimate of drug-likeness (QED) is 0.387. The number of aliphatic hydroxyl groups excluding tert-OH is 3. The van der Waals surface area contributed by atoms with Gasteiger partial charge < -0.3 is 30.4 Å². The Morgan fingerprint density at radius 2 is 2.32 bits per heavy atom. The first-order valence-electron chi connectivity index (χ1n) is 5.51. The fraction of sp³-hybridized carbons (Fsp3) is 0.455. The summed E-state index contributed by atoms with van der Waals surface area (Å²) in [6, 6.07) is 0. The van der Waals surface area contributed by atoms with Crippen LogP contribution >= 0.6 is 0 Å². The minimum absolute atomic E-state index is 0.0137. The number of amides is 1. The Kier molecular flexibility index (Phi) is 3.82. The van der Waals surface area contributed by atoms with Crippen molar-refractivity contribution in [1.82, 2.24) is 15.3 Å². The molecule has 4 atom stereocenters. The van der Waals surface area contributed by atoms with E-state index >= 15 is 0 Å². The zero-order valence-corrected chi connectivity index (χ0v) is 9.78. The lowest BCUT2D eigenvalue weighted by Gasteiger charge is -2.15. The van der Waals surface area contributed by atoms with Crippen molar-refractivity contribution in [3.05, 3.63) is 17.7 Å². The van der Waals surface area contributed by atoms with E-state index in [1.807, 2.05) is 0 Å². The number of H-pyrrole nitrogens is 1. The topological polar surface area (TPSA) is 128 Å². The van der Waals surface area contributed by atoms with Gasteiger partial charge in [-0.15, -0.1) is 6.42 Å². The summed E-state index contributed by atoms with van der Waals surface area (Å²) in [5, 5.41) is 30.5. The normalized spacial score (nSPS) is 30.0. The Morgan fingerprint density at radius 3 is 2.89 bits per heavy atom. The third kappa shape index (κ3) is 2.45. The van der Waals surface area contributed by atoms with Crippen LogP contribution in [0, 0.1) is 12.3 Å². The summed E-state index contributed by atoms with van der Waals surface area (Å²) in [7, 11) is 0. The van der Waals surface area contributed by atoms with Crippen molar-refractivity contribution < 1.29 is 24.9 Å². The van der Waals surface area contributed by atoms with Crippen LogP contribution in [-0.4, -0.2) is 62.3 Å². The first-order valence-corrected chi connectivity index (χ1v) is 5.51. The predicted octanol–water partition coefficient (Wildman–Crippen LogP) is -2.44. The highest BCUT2D eigenvalue weighted by Gasteiger charge is 2.43. The molecular weight excluding hydrogens is 254 g/mol. The lowest BCUT2D eigenvalue weighted by molar-refractivity contribution is -0.0305. The van der Waals surface area contributed by atoms with Crippen LogP contribution in [-0.2, 0) is 4.74 Å². The molecule has 2 rings (SSSR count). The fourth-order valence-corrected chi connectivity index (χ4v) is 1.79. The summed E-state index contributed by atoms with van der Waals surface area (Å²) in [5.74, 6) is 1.60. The fourth-order valence-electron chi connectivity index (χ4n) is 1.79. The van der Waals surface area contributed by atoms with Gasteiger partial charge in [0.05, 0.1) is 12.9 Å². The minimum atomic E-state index is -1.34. The molecule has 1 aliphatic heterocycles. The maximum absolute atomic E-state index is 11.9. The number of rotatable bonds is 3. The number of hydrogen-bond donors (Lipinski definition) is 5. The van der Waals surface area contributed by atoms with Gasteiger partial charge in [0.15, 0.2) is 11.9 Å². The summed E-state index contributed by atoms with van der Waals surface area (Å²) in [4.78, 5) is 18.2. The zero-order chi connectivity index (χ0) is 14.0. The number of nitrogens with zero attached hydrogens (tertiary/aromatic N) is 1. The molecule has 0 aromatic carbocycles. The highest BCUT2D eigenvalue weighted by Crippen LogP contribution is 2.19. The van der Waals surface area contributed by atoms with E-state index in [1.165, 1.54) is 6.33 Å². The maximum Gasteiger partial charge on any atom is 0.274 e. The summed E-state index contributed by atoms with van der Waals surface area (Å²) < 4.78 is 5.11. The summed E-state index contributed by atoms with van der Waals surface area (Å²) >= 11 is 0. The average molecular weight is 267 g/mol. The average Bonchev–Trinajstić information content (AvgIpc) is 2.98. The van der Waals surface area contributed by atoms with Crippen LogP contribution in [0.3, 0.4) is 0 Å². The molecule has 0 bridgehead atoms. The van der Waals surface area contributed by atoms with Crippen LogP contribution in [0.4, 0.5) is 0 Å². The standard InChI is InChI=1S/C11H13N3O5/c1-2-5-7(13-4-12-5)10(18)14-11-9(17)8(16)6(3-15)19-11/h1,4,6,8-9,11,15-17H,3H2,(H,12,13)(H,14,18)/t6-,8-,9-,11-/m0/s1.